The van der Waals surface area contributed by atoms with Gasteiger partial charge in [0, 0.05) is 6.54 Å². The molecule has 2 aliphatic rings. The molecule has 0 aromatic carbocycles. The summed E-state index contributed by atoms with van der Waals surface area (Å²) in [6.45, 7) is 12.0. The Morgan fingerprint density at radius 2 is 1.95 bits per heavy atom. The van der Waals surface area contributed by atoms with Gasteiger partial charge < -0.3 is 4.90 Å². The first-order valence-electron chi connectivity index (χ1n) is 8.45. The third-order valence-electron chi connectivity index (χ3n) is 4.90. The lowest BCUT2D eigenvalue weighted by atomic mass is 9.98. The molecular formula is C17H32N2O. The third-order valence-corrected chi connectivity index (χ3v) is 4.90. The van der Waals surface area contributed by atoms with Crippen molar-refractivity contribution in [2.75, 3.05) is 6.54 Å². The van der Waals surface area contributed by atoms with Crippen molar-refractivity contribution in [1.82, 2.24) is 10.2 Å². The molecule has 1 saturated carbocycles. The molecule has 2 unspecified atom stereocenters. The fourth-order valence-electron chi connectivity index (χ4n) is 3.56. The molecule has 0 aromatic heterocycles. The minimum atomic E-state index is 0.0242. The van der Waals surface area contributed by atoms with E-state index in [-0.39, 0.29) is 12.2 Å². The van der Waals surface area contributed by atoms with Crippen molar-refractivity contribution in [3.8, 4) is 0 Å². The molecule has 3 heteroatoms. The molecule has 2 fully saturated rings. The van der Waals surface area contributed by atoms with Gasteiger partial charge in [0.2, 0.25) is 5.91 Å². The van der Waals surface area contributed by atoms with Crippen molar-refractivity contribution in [2.24, 2.45) is 17.3 Å². The highest BCUT2D eigenvalue weighted by atomic mass is 16.2. The molecule has 1 N–H and O–H groups in total. The molecule has 0 spiro atoms. The predicted molar refractivity (Wildman–Crippen MR) is 83.3 cm³/mol. The van der Waals surface area contributed by atoms with Gasteiger partial charge in [-0.1, -0.05) is 41.0 Å². The Balaban J connectivity index is 2.07. The number of nitrogens with zero attached hydrogens (tertiary/aromatic N) is 1. The zero-order valence-corrected chi connectivity index (χ0v) is 13.9. The highest BCUT2D eigenvalue weighted by Crippen LogP contribution is 2.50. The molecule has 1 heterocycles. The normalized spacial score (nSPS) is 28.8. The fourth-order valence-corrected chi connectivity index (χ4v) is 3.56. The molecule has 2 rings (SSSR count). The van der Waals surface area contributed by atoms with Crippen LogP contribution in [-0.4, -0.2) is 29.6 Å². The lowest BCUT2D eigenvalue weighted by Crippen LogP contribution is -2.41. The number of rotatable bonds is 7. The SMILES string of the molecule is CCCC1(CN2C(=O)C(C(C)C)NC2CC(C)C)CC1. The van der Waals surface area contributed by atoms with Crippen LogP contribution < -0.4 is 5.32 Å². The van der Waals surface area contributed by atoms with E-state index in [4.69, 9.17) is 0 Å². The lowest BCUT2D eigenvalue weighted by molar-refractivity contribution is -0.131. The highest BCUT2D eigenvalue weighted by Gasteiger charge is 2.48. The van der Waals surface area contributed by atoms with Crippen molar-refractivity contribution in [1.29, 1.82) is 0 Å². The standard InChI is InChI=1S/C17H32N2O/c1-6-7-17(8-9-17)11-19-14(10-12(2)3)18-15(13(4)5)16(19)20/h12-15,18H,6-11H2,1-5H3. The molecule has 0 bridgehead atoms. The summed E-state index contributed by atoms with van der Waals surface area (Å²) in [6, 6.07) is 0.0242. The van der Waals surface area contributed by atoms with Crippen LogP contribution in [0.4, 0.5) is 0 Å². The molecule has 3 nitrogen and oxygen atoms in total. The van der Waals surface area contributed by atoms with E-state index in [1.807, 2.05) is 0 Å². The summed E-state index contributed by atoms with van der Waals surface area (Å²) in [6.07, 6.45) is 6.45. The van der Waals surface area contributed by atoms with Crippen molar-refractivity contribution in [3.63, 3.8) is 0 Å². The van der Waals surface area contributed by atoms with Crippen LogP contribution in [0.1, 0.15) is 66.7 Å². The van der Waals surface area contributed by atoms with Crippen LogP contribution in [0.5, 0.6) is 0 Å². The van der Waals surface area contributed by atoms with Gasteiger partial charge in [-0.3, -0.25) is 10.1 Å². The first kappa shape index (κ1) is 15.8. The Labute approximate surface area is 124 Å². The van der Waals surface area contributed by atoms with E-state index >= 15 is 0 Å². The van der Waals surface area contributed by atoms with Gasteiger partial charge >= 0.3 is 0 Å². The largest absolute Gasteiger partial charge is 0.325 e. The minimum Gasteiger partial charge on any atom is -0.325 e. The van der Waals surface area contributed by atoms with E-state index in [2.05, 4.69) is 44.8 Å². The van der Waals surface area contributed by atoms with Gasteiger partial charge in [0.15, 0.2) is 0 Å². The average molecular weight is 280 g/mol. The Hall–Kier alpha value is -0.570. The van der Waals surface area contributed by atoms with E-state index in [1.165, 1.54) is 25.7 Å². The van der Waals surface area contributed by atoms with Crippen LogP contribution >= 0.6 is 0 Å². The van der Waals surface area contributed by atoms with Gasteiger partial charge in [0.05, 0.1) is 12.2 Å². The van der Waals surface area contributed by atoms with Crippen molar-refractivity contribution >= 4 is 5.91 Å². The van der Waals surface area contributed by atoms with Crippen molar-refractivity contribution in [3.05, 3.63) is 0 Å². The molecule has 20 heavy (non-hydrogen) atoms. The van der Waals surface area contributed by atoms with Gasteiger partial charge in [-0.2, -0.15) is 0 Å². The first-order chi connectivity index (χ1) is 9.38. The summed E-state index contributed by atoms with van der Waals surface area (Å²) in [5.74, 6) is 1.34. The second-order valence-corrected chi connectivity index (χ2v) is 7.75. The summed E-state index contributed by atoms with van der Waals surface area (Å²) in [4.78, 5) is 14.9. The summed E-state index contributed by atoms with van der Waals surface area (Å²) in [5.41, 5.74) is 0.452. The number of carbonyl (C=O) groups is 1. The summed E-state index contributed by atoms with van der Waals surface area (Å²) < 4.78 is 0. The van der Waals surface area contributed by atoms with Gasteiger partial charge in [-0.15, -0.1) is 0 Å². The Kier molecular flexibility index (Phi) is 4.78. The average Bonchev–Trinajstić information content (AvgIpc) is 3.03. The van der Waals surface area contributed by atoms with E-state index < -0.39 is 0 Å². The molecular weight excluding hydrogens is 248 g/mol. The lowest BCUT2D eigenvalue weighted by Gasteiger charge is -2.29. The zero-order valence-electron chi connectivity index (χ0n) is 13.9. The maximum Gasteiger partial charge on any atom is 0.241 e. The number of hydrogen-bond acceptors (Lipinski definition) is 2. The van der Waals surface area contributed by atoms with Crippen LogP contribution in [0.3, 0.4) is 0 Å². The second kappa shape index (κ2) is 6.05. The summed E-state index contributed by atoms with van der Waals surface area (Å²) in [7, 11) is 0. The smallest absolute Gasteiger partial charge is 0.241 e. The molecule has 2 atom stereocenters. The van der Waals surface area contributed by atoms with Crippen LogP contribution in [0.15, 0.2) is 0 Å². The summed E-state index contributed by atoms with van der Waals surface area (Å²) >= 11 is 0. The second-order valence-electron chi connectivity index (χ2n) is 7.75. The monoisotopic (exact) mass is 280 g/mol. The van der Waals surface area contributed by atoms with Crippen LogP contribution in [0.2, 0.25) is 0 Å². The fraction of sp³-hybridized carbons (Fsp3) is 0.941. The van der Waals surface area contributed by atoms with Gasteiger partial charge in [0.1, 0.15) is 0 Å². The van der Waals surface area contributed by atoms with Crippen LogP contribution in [0, 0.1) is 17.3 Å². The number of amides is 1. The maximum atomic E-state index is 12.7. The number of hydrogen-bond donors (Lipinski definition) is 1. The van der Waals surface area contributed by atoms with E-state index in [0.717, 1.165) is 13.0 Å². The molecule has 0 aromatic rings. The molecule has 1 amide bonds. The number of nitrogens with one attached hydrogen (secondary N) is 1. The van der Waals surface area contributed by atoms with E-state index in [1.54, 1.807) is 0 Å². The summed E-state index contributed by atoms with van der Waals surface area (Å²) in [5, 5.41) is 3.59. The van der Waals surface area contributed by atoms with Crippen LogP contribution in [0.25, 0.3) is 0 Å². The topological polar surface area (TPSA) is 32.3 Å². The van der Waals surface area contributed by atoms with Crippen molar-refractivity contribution < 1.29 is 4.79 Å². The predicted octanol–water partition coefficient (Wildman–Crippen LogP) is 3.40. The van der Waals surface area contributed by atoms with Gasteiger partial charge in [-0.25, -0.2) is 0 Å². The molecule has 1 aliphatic heterocycles. The van der Waals surface area contributed by atoms with Gasteiger partial charge in [0.25, 0.3) is 0 Å². The van der Waals surface area contributed by atoms with E-state index in [0.29, 0.717) is 23.2 Å². The quantitative estimate of drug-likeness (QED) is 0.775. The van der Waals surface area contributed by atoms with Gasteiger partial charge in [-0.05, 0) is 42.9 Å². The van der Waals surface area contributed by atoms with E-state index in [9.17, 15) is 4.79 Å². The molecule has 116 valence electrons. The molecule has 1 saturated heterocycles. The maximum absolute atomic E-state index is 12.7. The highest BCUT2D eigenvalue weighted by molar-refractivity contribution is 5.84. The molecule has 1 aliphatic carbocycles. The molecule has 0 radical (unpaired) electrons. The minimum absolute atomic E-state index is 0.0242. The Morgan fingerprint density at radius 1 is 1.30 bits per heavy atom. The van der Waals surface area contributed by atoms with Crippen LogP contribution in [-0.2, 0) is 4.79 Å². The number of carbonyl (C=O) groups excluding carboxylic acids is 1. The third kappa shape index (κ3) is 3.36. The Morgan fingerprint density at radius 3 is 2.40 bits per heavy atom. The zero-order chi connectivity index (χ0) is 14.9. The Bertz CT molecular complexity index is 347. The first-order valence-corrected chi connectivity index (χ1v) is 8.45. The van der Waals surface area contributed by atoms with Crippen molar-refractivity contribution in [2.45, 2.75) is 78.9 Å².